The number of hydrogen-bond acceptors (Lipinski definition) is 4. The van der Waals surface area contributed by atoms with Gasteiger partial charge in [-0.15, -0.1) is 24.8 Å². The number of piperazine rings is 1. The highest BCUT2D eigenvalue weighted by Crippen LogP contribution is 2.20. The average Bonchev–Trinajstić information content (AvgIpc) is 2.79. The third-order valence-corrected chi connectivity index (χ3v) is 3.83. The summed E-state index contributed by atoms with van der Waals surface area (Å²) in [6, 6.07) is 2.07. The molecule has 1 saturated heterocycles. The fourth-order valence-electron chi connectivity index (χ4n) is 2.71. The van der Waals surface area contributed by atoms with Crippen LogP contribution in [0.4, 0.5) is 0 Å². The highest BCUT2D eigenvalue weighted by atomic mass is 35.5. The first-order valence-electron chi connectivity index (χ1n) is 6.89. The Morgan fingerprint density at radius 1 is 1.41 bits per heavy atom. The summed E-state index contributed by atoms with van der Waals surface area (Å²) in [5.41, 5.74) is 2.30. The van der Waals surface area contributed by atoms with Crippen molar-refractivity contribution in [2.45, 2.75) is 19.9 Å². The van der Waals surface area contributed by atoms with E-state index < -0.39 is 0 Å². The fraction of sp³-hybridized carbons (Fsp3) is 0.500. The monoisotopic (exact) mass is 345 g/mol. The van der Waals surface area contributed by atoms with Gasteiger partial charge in [-0.05, 0) is 19.9 Å². The molecule has 0 radical (unpaired) electrons. The molecule has 0 spiro atoms. The molecule has 1 amide bonds. The lowest BCUT2D eigenvalue weighted by atomic mass is 10.1. The van der Waals surface area contributed by atoms with Crippen molar-refractivity contribution in [3.8, 4) is 0 Å². The molecule has 122 valence electrons. The molecular formula is C14H21Cl2N5O. The Morgan fingerprint density at radius 2 is 2.14 bits per heavy atom. The van der Waals surface area contributed by atoms with Crippen LogP contribution in [0.15, 0.2) is 12.3 Å². The number of carbonyl (C=O) groups is 1. The summed E-state index contributed by atoms with van der Waals surface area (Å²) in [5, 5.41) is 8.34. The lowest BCUT2D eigenvalue weighted by Crippen LogP contribution is -2.52. The van der Waals surface area contributed by atoms with Crippen molar-refractivity contribution in [3.63, 3.8) is 0 Å². The van der Waals surface area contributed by atoms with Crippen molar-refractivity contribution < 1.29 is 4.79 Å². The maximum absolute atomic E-state index is 12.8. The molecule has 1 aliphatic rings. The van der Waals surface area contributed by atoms with Gasteiger partial charge in [0.25, 0.3) is 5.91 Å². The molecule has 6 nitrogen and oxygen atoms in total. The number of nitrogens with one attached hydrogen (secondary N) is 1. The van der Waals surface area contributed by atoms with Crippen LogP contribution in [0.1, 0.15) is 23.0 Å². The summed E-state index contributed by atoms with van der Waals surface area (Å²) in [7, 11) is 1.84. The molecule has 0 unspecified atom stereocenters. The van der Waals surface area contributed by atoms with Gasteiger partial charge in [0, 0.05) is 38.4 Å². The van der Waals surface area contributed by atoms with E-state index in [-0.39, 0.29) is 36.8 Å². The first kappa shape index (κ1) is 18.7. The molecule has 3 heterocycles. The van der Waals surface area contributed by atoms with Crippen LogP contribution in [0.25, 0.3) is 11.0 Å². The van der Waals surface area contributed by atoms with Gasteiger partial charge >= 0.3 is 0 Å². The number of nitrogens with zero attached hydrogens (tertiary/aromatic N) is 4. The third kappa shape index (κ3) is 3.19. The van der Waals surface area contributed by atoms with Crippen LogP contribution in [0.3, 0.4) is 0 Å². The van der Waals surface area contributed by atoms with Gasteiger partial charge in [0.05, 0.1) is 17.1 Å². The van der Waals surface area contributed by atoms with E-state index in [4.69, 9.17) is 0 Å². The van der Waals surface area contributed by atoms with Crippen LogP contribution < -0.4 is 5.32 Å². The second-order valence-electron chi connectivity index (χ2n) is 5.37. The first-order valence-corrected chi connectivity index (χ1v) is 6.89. The zero-order chi connectivity index (χ0) is 14.3. The lowest BCUT2D eigenvalue weighted by molar-refractivity contribution is 0.0657. The van der Waals surface area contributed by atoms with E-state index in [9.17, 15) is 4.79 Å². The molecule has 1 aliphatic heterocycles. The van der Waals surface area contributed by atoms with Gasteiger partial charge in [-0.3, -0.25) is 9.48 Å². The first-order chi connectivity index (χ1) is 9.58. The second kappa shape index (κ2) is 7.26. The smallest absolute Gasteiger partial charge is 0.255 e. The molecule has 22 heavy (non-hydrogen) atoms. The highest BCUT2D eigenvalue weighted by Gasteiger charge is 2.26. The molecular weight excluding hydrogens is 325 g/mol. The fourth-order valence-corrected chi connectivity index (χ4v) is 2.71. The van der Waals surface area contributed by atoms with Crippen LogP contribution in [-0.2, 0) is 7.05 Å². The average molecular weight is 346 g/mol. The van der Waals surface area contributed by atoms with E-state index in [1.54, 1.807) is 10.9 Å². The molecule has 1 fully saturated rings. The van der Waals surface area contributed by atoms with Crippen LogP contribution in [0, 0.1) is 6.92 Å². The molecule has 0 aromatic carbocycles. The van der Waals surface area contributed by atoms with Crippen molar-refractivity contribution in [2.75, 3.05) is 19.6 Å². The minimum absolute atomic E-state index is 0. The summed E-state index contributed by atoms with van der Waals surface area (Å²) in [6.07, 6.45) is 1.72. The summed E-state index contributed by atoms with van der Waals surface area (Å²) in [6.45, 7) is 6.40. The number of fused-ring (bicyclic) bond motifs is 1. The molecule has 0 aliphatic carbocycles. The number of pyridine rings is 1. The second-order valence-corrected chi connectivity index (χ2v) is 5.37. The van der Waals surface area contributed by atoms with Crippen molar-refractivity contribution >= 4 is 41.8 Å². The summed E-state index contributed by atoms with van der Waals surface area (Å²) in [4.78, 5) is 19.2. The number of carbonyl (C=O) groups excluding carboxylic acids is 1. The number of amides is 1. The molecule has 0 bridgehead atoms. The minimum atomic E-state index is 0. The molecule has 1 N–H and O–H groups in total. The van der Waals surface area contributed by atoms with Crippen molar-refractivity contribution in [1.82, 2.24) is 25.0 Å². The number of aromatic nitrogens is 3. The summed E-state index contributed by atoms with van der Waals surface area (Å²) in [5.74, 6) is 0.0718. The quantitative estimate of drug-likeness (QED) is 0.851. The van der Waals surface area contributed by atoms with E-state index in [1.165, 1.54) is 0 Å². The predicted octanol–water partition coefficient (Wildman–Crippen LogP) is 1.55. The van der Waals surface area contributed by atoms with Gasteiger partial charge in [0.1, 0.15) is 0 Å². The van der Waals surface area contributed by atoms with Crippen LogP contribution in [0.5, 0.6) is 0 Å². The Morgan fingerprint density at radius 3 is 2.82 bits per heavy atom. The maximum atomic E-state index is 12.8. The lowest BCUT2D eigenvalue weighted by Gasteiger charge is -2.34. The molecule has 8 heteroatoms. The predicted molar refractivity (Wildman–Crippen MR) is 91.1 cm³/mol. The summed E-state index contributed by atoms with van der Waals surface area (Å²) < 4.78 is 1.71. The molecule has 0 saturated carbocycles. The van der Waals surface area contributed by atoms with Gasteiger partial charge in [0.2, 0.25) is 0 Å². The Balaban J connectivity index is 0.00000121. The number of hydrogen-bond donors (Lipinski definition) is 1. The van der Waals surface area contributed by atoms with Crippen molar-refractivity contribution in [3.05, 3.63) is 23.5 Å². The van der Waals surface area contributed by atoms with Crippen LogP contribution in [0.2, 0.25) is 0 Å². The molecule has 2 aromatic heterocycles. The highest BCUT2D eigenvalue weighted by molar-refractivity contribution is 6.05. The molecule has 3 rings (SSSR count). The van der Waals surface area contributed by atoms with Crippen LogP contribution in [-0.4, -0.2) is 51.2 Å². The zero-order valence-corrected chi connectivity index (χ0v) is 14.5. The largest absolute Gasteiger partial charge is 0.333 e. The number of rotatable bonds is 1. The summed E-state index contributed by atoms with van der Waals surface area (Å²) >= 11 is 0. The standard InChI is InChI=1S/C14H19N5O.2ClH/c1-9-6-11(12-8-16-18(3)13(12)17-9)14(20)19-5-4-15-7-10(19)2;;/h6,8,10,15H,4-5,7H2,1-3H3;2*1H/t10-;;/m0../s1. The van der Waals surface area contributed by atoms with Gasteiger partial charge in [0.15, 0.2) is 5.65 Å². The maximum Gasteiger partial charge on any atom is 0.255 e. The van der Waals surface area contributed by atoms with Crippen LogP contribution >= 0.6 is 24.8 Å². The van der Waals surface area contributed by atoms with E-state index in [0.717, 1.165) is 36.4 Å². The van der Waals surface area contributed by atoms with Gasteiger partial charge in [-0.2, -0.15) is 5.10 Å². The zero-order valence-electron chi connectivity index (χ0n) is 12.9. The normalized spacial score (nSPS) is 17.8. The topological polar surface area (TPSA) is 63.1 Å². The molecule has 2 aromatic rings. The van der Waals surface area contributed by atoms with E-state index >= 15 is 0 Å². The van der Waals surface area contributed by atoms with Crippen molar-refractivity contribution in [2.24, 2.45) is 7.05 Å². The Labute approximate surface area is 142 Å². The van der Waals surface area contributed by atoms with Gasteiger partial charge in [-0.1, -0.05) is 0 Å². The van der Waals surface area contributed by atoms with Crippen molar-refractivity contribution in [1.29, 1.82) is 0 Å². The van der Waals surface area contributed by atoms with Gasteiger partial charge < -0.3 is 10.2 Å². The molecule has 1 atom stereocenters. The minimum Gasteiger partial charge on any atom is -0.333 e. The van der Waals surface area contributed by atoms with E-state index in [1.807, 2.05) is 24.9 Å². The van der Waals surface area contributed by atoms with E-state index in [2.05, 4.69) is 22.3 Å². The van der Waals surface area contributed by atoms with Gasteiger partial charge in [-0.25, -0.2) is 4.98 Å². The Kier molecular flexibility index (Phi) is 6.17. The Bertz CT molecular complexity index is 673. The third-order valence-electron chi connectivity index (χ3n) is 3.83. The van der Waals surface area contributed by atoms with E-state index in [0.29, 0.717) is 5.56 Å². The number of halogens is 2. The Hall–Kier alpha value is -1.37. The number of aryl methyl sites for hydroxylation is 2. The SMILES string of the molecule is Cc1cc(C(=O)N2CCNC[C@@H]2C)c2cnn(C)c2n1.Cl.Cl.